The molecule has 0 aromatic heterocycles. The molecule has 0 spiro atoms. The quantitative estimate of drug-likeness (QED) is 0.189. The zero-order chi connectivity index (χ0) is 26.6. The molecule has 8 rings (SSSR count). The number of anilines is 6. The molecule has 3 nitrogen and oxygen atoms in total. The molecule has 0 aliphatic carbocycles. The van der Waals surface area contributed by atoms with Crippen molar-refractivity contribution in [2.24, 2.45) is 0 Å². The fourth-order valence-corrected chi connectivity index (χ4v) is 14.7. The molecule has 3 aliphatic heterocycles. The van der Waals surface area contributed by atoms with E-state index in [2.05, 4.69) is 129 Å². The van der Waals surface area contributed by atoms with Crippen LogP contribution in [0.2, 0.25) is 0 Å². The van der Waals surface area contributed by atoms with Crippen molar-refractivity contribution in [3.63, 3.8) is 0 Å². The monoisotopic (exact) mass is 614 g/mol. The summed E-state index contributed by atoms with van der Waals surface area (Å²) in [6, 6.07) is 32.0. The summed E-state index contributed by atoms with van der Waals surface area (Å²) in [6.07, 6.45) is 0. The van der Waals surface area contributed by atoms with Crippen LogP contribution in [0, 0.1) is 34.6 Å². The first-order valence-corrected chi connectivity index (χ1v) is 17.4. The van der Waals surface area contributed by atoms with E-state index in [0.717, 1.165) is 11.5 Å². The molecular weight excluding hydrogens is 586 g/mol. The van der Waals surface area contributed by atoms with Crippen LogP contribution < -0.4 is 25.1 Å². The number of hydrogen-bond acceptors (Lipinski definition) is 3. The Hall–Kier alpha value is -3.68. The summed E-state index contributed by atoms with van der Waals surface area (Å²) in [5.41, 5.74) is 13.9. The van der Waals surface area contributed by atoms with Crippen molar-refractivity contribution < 1.29 is 4.74 Å². The van der Waals surface area contributed by atoms with Gasteiger partial charge in [-0.15, -0.1) is 0 Å². The molecule has 0 amide bonds. The predicted molar refractivity (Wildman–Crippen MR) is 164 cm³/mol. The van der Waals surface area contributed by atoms with Crippen LogP contribution in [0.5, 0.6) is 11.5 Å². The first kappa shape index (κ1) is 23.2. The fraction of sp³-hybridized carbons (Fsp3) is 0.143. The molecule has 5 aromatic rings. The normalized spacial score (nSPS) is 14.3. The van der Waals surface area contributed by atoms with E-state index >= 15 is 0 Å². The number of ether oxygens (including phenoxy) is 1. The third kappa shape index (κ3) is 3.29. The zero-order valence-electron chi connectivity index (χ0n) is 22.8. The molecule has 0 radical (unpaired) electrons. The predicted octanol–water partition coefficient (Wildman–Crippen LogP) is 7.42. The van der Waals surface area contributed by atoms with E-state index in [1.54, 1.807) is 0 Å². The van der Waals surface area contributed by atoms with Crippen LogP contribution in [-0.2, 0) is 0 Å². The second kappa shape index (κ2) is 8.16. The Labute approximate surface area is 237 Å². The summed E-state index contributed by atoms with van der Waals surface area (Å²) in [5.74, 6) is 2.10. The van der Waals surface area contributed by atoms with Gasteiger partial charge in [0.15, 0.2) is 0 Å². The van der Waals surface area contributed by atoms with Crippen LogP contribution in [0.15, 0.2) is 84.9 Å². The van der Waals surface area contributed by atoms with Crippen molar-refractivity contribution in [2.75, 3.05) is 9.80 Å². The minimum absolute atomic E-state index is 1.05. The van der Waals surface area contributed by atoms with Gasteiger partial charge in [0.2, 0.25) is 0 Å². The van der Waals surface area contributed by atoms with Crippen LogP contribution >= 0.6 is 0 Å². The Morgan fingerprint density at radius 3 is 1.21 bits per heavy atom. The van der Waals surface area contributed by atoms with E-state index in [0.29, 0.717) is 0 Å². The molecule has 190 valence electrons. The van der Waals surface area contributed by atoms with Gasteiger partial charge in [0.25, 0.3) is 0 Å². The molecule has 0 fully saturated rings. The second-order valence-electron chi connectivity index (χ2n) is 11.2. The van der Waals surface area contributed by atoms with Crippen LogP contribution in [-0.4, -0.2) is 20.2 Å². The van der Waals surface area contributed by atoms with E-state index in [1.807, 2.05) is 0 Å². The third-order valence-corrected chi connectivity index (χ3v) is 15.8. The summed E-state index contributed by atoms with van der Waals surface area (Å²) in [6.45, 7) is 10.9. The van der Waals surface area contributed by atoms with Crippen LogP contribution in [0.1, 0.15) is 27.8 Å². The Bertz CT molecular complexity index is 1710. The molecule has 0 N–H and O–H groups in total. The van der Waals surface area contributed by atoms with E-state index < -0.39 is 20.2 Å². The van der Waals surface area contributed by atoms with Gasteiger partial charge in [-0.05, 0) is 0 Å². The number of aryl methyl sites for hydroxylation is 5. The number of nitrogens with zero attached hydrogens (tertiary/aromatic N) is 2. The Morgan fingerprint density at radius 1 is 0.436 bits per heavy atom. The van der Waals surface area contributed by atoms with Gasteiger partial charge >= 0.3 is 238 Å². The molecule has 0 bridgehead atoms. The molecular formula is C35H29N2OSb. The molecule has 0 atom stereocenters. The molecule has 0 saturated heterocycles. The molecule has 39 heavy (non-hydrogen) atoms. The van der Waals surface area contributed by atoms with Crippen molar-refractivity contribution in [3.8, 4) is 11.5 Å². The Morgan fingerprint density at radius 2 is 0.795 bits per heavy atom. The maximum atomic E-state index is 6.83. The summed E-state index contributed by atoms with van der Waals surface area (Å²) in [5, 5.41) is 0. The van der Waals surface area contributed by atoms with Gasteiger partial charge in [-0.3, -0.25) is 0 Å². The molecule has 5 aromatic carbocycles. The Balaban J connectivity index is 1.52. The SMILES string of the molecule is Cc1ccc(N2c3cc(C)cc4[c]3[Sb]3[c]5c(cc(C)cc5N(c5ccc(C)cc5)c5cc(C)cc2[c]53)O4)cc1. The zero-order valence-corrected chi connectivity index (χ0v) is 25.4. The van der Waals surface area contributed by atoms with E-state index in [9.17, 15) is 0 Å². The number of benzene rings is 5. The number of hydrogen-bond donors (Lipinski definition) is 0. The van der Waals surface area contributed by atoms with Gasteiger partial charge < -0.3 is 0 Å². The van der Waals surface area contributed by atoms with Crippen LogP contribution in [0.4, 0.5) is 34.1 Å². The average molecular weight is 615 g/mol. The molecule has 0 unspecified atom stereocenters. The molecule has 4 heteroatoms. The van der Waals surface area contributed by atoms with Crippen molar-refractivity contribution in [2.45, 2.75) is 34.6 Å². The van der Waals surface area contributed by atoms with Crippen LogP contribution in [0.3, 0.4) is 0 Å². The first-order chi connectivity index (χ1) is 18.9. The van der Waals surface area contributed by atoms with Gasteiger partial charge in [-0.1, -0.05) is 0 Å². The summed E-state index contributed by atoms with van der Waals surface area (Å²) in [4.78, 5) is 5.00. The van der Waals surface area contributed by atoms with Crippen molar-refractivity contribution in [3.05, 3.63) is 113 Å². The Kier molecular flexibility index (Phi) is 4.86. The summed E-state index contributed by atoms with van der Waals surface area (Å²) >= 11 is -2.46. The number of rotatable bonds is 2. The van der Waals surface area contributed by atoms with E-state index in [4.69, 9.17) is 4.74 Å². The second-order valence-corrected chi connectivity index (χ2v) is 16.9. The minimum atomic E-state index is -2.46. The van der Waals surface area contributed by atoms with Gasteiger partial charge in [-0.2, -0.15) is 0 Å². The van der Waals surface area contributed by atoms with Crippen molar-refractivity contribution in [1.82, 2.24) is 0 Å². The van der Waals surface area contributed by atoms with Crippen molar-refractivity contribution in [1.29, 1.82) is 0 Å². The molecule has 3 heterocycles. The summed E-state index contributed by atoms with van der Waals surface area (Å²) in [7, 11) is 0. The topological polar surface area (TPSA) is 15.7 Å². The van der Waals surface area contributed by atoms with Gasteiger partial charge in [0.1, 0.15) is 0 Å². The van der Waals surface area contributed by atoms with E-state index in [1.165, 1.54) is 72.5 Å². The summed E-state index contributed by atoms with van der Waals surface area (Å²) < 4.78 is 11.3. The maximum absolute atomic E-state index is 6.83. The van der Waals surface area contributed by atoms with Gasteiger partial charge in [0, 0.05) is 0 Å². The molecule has 0 saturated carbocycles. The standard InChI is InChI=1S/C35H29N2O.Sb/c1-23-6-10-28(11-7-23)36-30-14-25(3)15-31(20-30)37(29-12-8-24(2)9-13-29)33-17-27(5)19-35(22-33)38-34-18-26(4)16-32(36)21-34;/h6-19H,1-5H3;. The van der Waals surface area contributed by atoms with Crippen molar-refractivity contribution >= 4 is 64.9 Å². The van der Waals surface area contributed by atoms with E-state index in [-0.39, 0.29) is 0 Å². The first-order valence-electron chi connectivity index (χ1n) is 13.5. The van der Waals surface area contributed by atoms with Crippen LogP contribution in [0.25, 0.3) is 0 Å². The third-order valence-electron chi connectivity index (χ3n) is 8.05. The van der Waals surface area contributed by atoms with Gasteiger partial charge in [-0.25, -0.2) is 0 Å². The van der Waals surface area contributed by atoms with Gasteiger partial charge in [0.05, 0.1) is 0 Å². The molecule has 3 aliphatic rings. The fourth-order valence-electron chi connectivity index (χ4n) is 6.37. The average Bonchev–Trinajstić information content (AvgIpc) is 2.89.